The van der Waals surface area contributed by atoms with Crippen molar-refractivity contribution in [2.24, 2.45) is 17.3 Å². The SMILES string of the molecule is CC(C)CNCC1(c2ccccc2)CC(C(C)(C)C)C1. The Morgan fingerprint density at radius 1 is 1.15 bits per heavy atom. The van der Waals surface area contributed by atoms with Crippen molar-refractivity contribution >= 4 is 0 Å². The third kappa shape index (κ3) is 3.44. The van der Waals surface area contributed by atoms with Crippen molar-refractivity contribution in [1.82, 2.24) is 5.32 Å². The van der Waals surface area contributed by atoms with Crippen molar-refractivity contribution in [3.8, 4) is 0 Å². The Bertz CT molecular complexity index is 407. The summed E-state index contributed by atoms with van der Waals surface area (Å²) in [5, 5.41) is 3.70. The highest BCUT2D eigenvalue weighted by Crippen LogP contribution is 2.54. The summed E-state index contributed by atoms with van der Waals surface area (Å²) in [5.41, 5.74) is 2.33. The fraction of sp³-hybridized carbons (Fsp3) is 0.684. The van der Waals surface area contributed by atoms with Gasteiger partial charge in [0.05, 0.1) is 0 Å². The molecule has 20 heavy (non-hydrogen) atoms. The topological polar surface area (TPSA) is 12.0 Å². The lowest BCUT2D eigenvalue weighted by atomic mass is 9.52. The first-order valence-electron chi connectivity index (χ1n) is 8.10. The highest BCUT2D eigenvalue weighted by atomic mass is 14.9. The van der Waals surface area contributed by atoms with Crippen LogP contribution in [-0.4, -0.2) is 13.1 Å². The highest BCUT2D eigenvalue weighted by Gasteiger charge is 2.48. The van der Waals surface area contributed by atoms with Gasteiger partial charge in [0.25, 0.3) is 0 Å². The number of nitrogens with one attached hydrogen (secondary N) is 1. The Labute approximate surface area is 125 Å². The van der Waals surface area contributed by atoms with E-state index in [4.69, 9.17) is 0 Å². The molecule has 1 nitrogen and oxygen atoms in total. The Morgan fingerprint density at radius 2 is 1.75 bits per heavy atom. The summed E-state index contributed by atoms with van der Waals surface area (Å²) in [5.74, 6) is 1.57. The largest absolute Gasteiger partial charge is 0.316 e. The molecule has 2 rings (SSSR count). The van der Waals surface area contributed by atoms with Crippen molar-refractivity contribution in [3.05, 3.63) is 35.9 Å². The summed E-state index contributed by atoms with van der Waals surface area (Å²) in [4.78, 5) is 0. The fourth-order valence-corrected chi connectivity index (χ4v) is 3.37. The third-order valence-electron chi connectivity index (χ3n) is 4.90. The van der Waals surface area contributed by atoms with E-state index in [9.17, 15) is 0 Å². The van der Waals surface area contributed by atoms with Crippen LogP contribution in [0.15, 0.2) is 30.3 Å². The van der Waals surface area contributed by atoms with Crippen LogP contribution in [0.1, 0.15) is 53.0 Å². The standard InChI is InChI=1S/C19H31N/c1-15(2)13-20-14-19(16-9-7-6-8-10-16)11-17(12-19)18(3,4)5/h6-10,15,17,20H,11-14H2,1-5H3. The van der Waals surface area contributed by atoms with Crippen molar-refractivity contribution in [3.63, 3.8) is 0 Å². The van der Waals surface area contributed by atoms with E-state index in [0.717, 1.165) is 24.9 Å². The fourth-order valence-electron chi connectivity index (χ4n) is 3.37. The maximum Gasteiger partial charge on any atom is 0.00834 e. The minimum absolute atomic E-state index is 0.369. The average molecular weight is 273 g/mol. The Kier molecular flexibility index (Phi) is 4.59. The molecule has 1 fully saturated rings. The summed E-state index contributed by atoms with van der Waals surface area (Å²) in [6, 6.07) is 11.1. The van der Waals surface area contributed by atoms with Crippen molar-refractivity contribution in [2.75, 3.05) is 13.1 Å². The van der Waals surface area contributed by atoms with E-state index < -0.39 is 0 Å². The molecule has 0 aromatic heterocycles. The number of benzene rings is 1. The van der Waals surface area contributed by atoms with Crippen molar-refractivity contribution in [1.29, 1.82) is 0 Å². The Balaban J connectivity index is 2.07. The molecule has 1 N–H and O–H groups in total. The smallest absolute Gasteiger partial charge is 0.00834 e. The first-order chi connectivity index (χ1) is 9.33. The van der Waals surface area contributed by atoms with Gasteiger partial charge in [-0.05, 0) is 42.2 Å². The van der Waals surface area contributed by atoms with Gasteiger partial charge < -0.3 is 5.32 Å². The van der Waals surface area contributed by atoms with E-state index in [-0.39, 0.29) is 0 Å². The molecule has 0 spiro atoms. The lowest BCUT2D eigenvalue weighted by Crippen LogP contribution is -2.52. The molecule has 0 amide bonds. The van der Waals surface area contributed by atoms with E-state index >= 15 is 0 Å². The molecule has 1 aliphatic carbocycles. The second kappa shape index (κ2) is 5.89. The first kappa shape index (κ1) is 15.6. The molecular formula is C19H31N. The van der Waals surface area contributed by atoms with Crippen molar-refractivity contribution < 1.29 is 0 Å². The number of hydrogen-bond acceptors (Lipinski definition) is 1. The second-order valence-electron chi connectivity index (χ2n) is 8.14. The van der Waals surface area contributed by atoms with Crippen LogP contribution in [-0.2, 0) is 5.41 Å². The Morgan fingerprint density at radius 3 is 2.25 bits per heavy atom. The van der Waals surface area contributed by atoms with Gasteiger partial charge in [-0.3, -0.25) is 0 Å². The van der Waals surface area contributed by atoms with Crippen LogP contribution in [0.2, 0.25) is 0 Å². The molecule has 0 aliphatic heterocycles. The first-order valence-corrected chi connectivity index (χ1v) is 8.10. The van der Waals surface area contributed by atoms with Gasteiger partial charge in [0, 0.05) is 12.0 Å². The molecule has 0 bridgehead atoms. The van der Waals surface area contributed by atoms with Crippen LogP contribution in [0.4, 0.5) is 0 Å². The van der Waals surface area contributed by atoms with E-state index in [1.165, 1.54) is 18.4 Å². The molecule has 1 aromatic rings. The van der Waals surface area contributed by atoms with Crippen LogP contribution < -0.4 is 5.32 Å². The monoisotopic (exact) mass is 273 g/mol. The summed E-state index contributed by atoms with van der Waals surface area (Å²) in [6.07, 6.45) is 2.65. The lowest BCUT2D eigenvalue weighted by Gasteiger charge is -2.53. The zero-order valence-electron chi connectivity index (χ0n) is 13.9. The van der Waals surface area contributed by atoms with E-state index in [1.807, 2.05) is 0 Å². The van der Waals surface area contributed by atoms with Crippen LogP contribution in [0.5, 0.6) is 0 Å². The summed E-state index contributed by atoms with van der Waals surface area (Å²) >= 11 is 0. The quantitative estimate of drug-likeness (QED) is 0.825. The molecule has 0 radical (unpaired) electrons. The average Bonchev–Trinajstić information content (AvgIpc) is 2.31. The van der Waals surface area contributed by atoms with Gasteiger partial charge in [-0.15, -0.1) is 0 Å². The van der Waals surface area contributed by atoms with E-state index in [0.29, 0.717) is 10.8 Å². The second-order valence-corrected chi connectivity index (χ2v) is 8.14. The van der Waals surface area contributed by atoms with Crippen LogP contribution in [0.25, 0.3) is 0 Å². The van der Waals surface area contributed by atoms with E-state index in [1.54, 1.807) is 0 Å². The predicted molar refractivity (Wildman–Crippen MR) is 88.0 cm³/mol. The van der Waals surface area contributed by atoms with Gasteiger partial charge in [0.1, 0.15) is 0 Å². The summed E-state index contributed by atoms with van der Waals surface area (Å²) in [7, 11) is 0. The Hall–Kier alpha value is -0.820. The zero-order valence-corrected chi connectivity index (χ0v) is 13.9. The van der Waals surface area contributed by atoms with Gasteiger partial charge >= 0.3 is 0 Å². The zero-order chi connectivity index (χ0) is 14.8. The molecular weight excluding hydrogens is 242 g/mol. The molecule has 1 aromatic carbocycles. The van der Waals surface area contributed by atoms with Gasteiger partial charge in [-0.1, -0.05) is 65.0 Å². The number of rotatable bonds is 5. The molecule has 1 heteroatoms. The molecule has 1 saturated carbocycles. The molecule has 112 valence electrons. The maximum absolute atomic E-state index is 3.70. The van der Waals surface area contributed by atoms with Crippen molar-refractivity contribution in [2.45, 2.75) is 52.9 Å². The summed E-state index contributed by atoms with van der Waals surface area (Å²) < 4.78 is 0. The lowest BCUT2D eigenvalue weighted by molar-refractivity contribution is 0.0445. The molecule has 1 aliphatic rings. The molecule has 0 saturated heterocycles. The summed E-state index contributed by atoms with van der Waals surface area (Å²) in [6.45, 7) is 14.0. The van der Waals surface area contributed by atoms with Crippen LogP contribution in [0.3, 0.4) is 0 Å². The van der Waals surface area contributed by atoms with Crippen LogP contribution in [0, 0.1) is 17.3 Å². The van der Waals surface area contributed by atoms with Gasteiger partial charge in [0.15, 0.2) is 0 Å². The predicted octanol–water partition coefficient (Wildman–Crippen LogP) is 4.63. The maximum atomic E-state index is 3.70. The number of hydrogen-bond donors (Lipinski definition) is 1. The molecule has 0 atom stereocenters. The third-order valence-corrected chi connectivity index (χ3v) is 4.90. The molecule has 0 unspecified atom stereocenters. The molecule has 0 heterocycles. The van der Waals surface area contributed by atoms with Gasteiger partial charge in [0.2, 0.25) is 0 Å². The highest BCUT2D eigenvalue weighted by molar-refractivity contribution is 5.30. The van der Waals surface area contributed by atoms with Gasteiger partial charge in [-0.25, -0.2) is 0 Å². The van der Waals surface area contributed by atoms with E-state index in [2.05, 4.69) is 70.3 Å². The minimum Gasteiger partial charge on any atom is -0.316 e. The van der Waals surface area contributed by atoms with Gasteiger partial charge in [-0.2, -0.15) is 0 Å². The van der Waals surface area contributed by atoms with Crippen LogP contribution >= 0.6 is 0 Å². The normalized spacial score (nSPS) is 26.6. The minimum atomic E-state index is 0.369.